The van der Waals surface area contributed by atoms with Crippen molar-refractivity contribution in [3.63, 3.8) is 0 Å². The molecule has 0 atom stereocenters. The summed E-state index contributed by atoms with van der Waals surface area (Å²) in [5, 5.41) is 4.02. The molecule has 0 bridgehead atoms. The quantitative estimate of drug-likeness (QED) is 0.262. The first kappa shape index (κ1) is 28.5. The van der Waals surface area contributed by atoms with Crippen molar-refractivity contribution in [2.24, 2.45) is 0 Å². The van der Waals surface area contributed by atoms with Crippen LogP contribution in [0.2, 0.25) is 5.02 Å². The summed E-state index contributed by atoms with van der Waals surface area (Å²) in [6.07, 6.45) is 0.657. The Bertz CT molecular complexity index is 1790. The van der Waals surface area contributed by atoms with Gasteiger partial charge in [0.05, 0.1) is 22.8 Å². The van der Waals surface area contributed by atoms with Crippen molar-refractivity contribution in [3.05, 3.63) is 81.5 Å². The molecule has 11 heteroatoms. The molecule has 1 aromatic heterocycles. The lowest BCUT2D eigenvalue weighted by Crippen LogP contribution is -2.32. The van der Waals surface area contributed by atoms with Crippen molar-refractivity contribution in [2.75, 3.05) is 18.5 Å². The van der Waals surface area contributed by atoms with Gasteiger partial charge in [0.15, 0.2) is 6.61 Å². The number of aryl methyl sites for hydroxylation is 4. The molecule has 2 amide bonds. The van der Waals surface area contributed by atoms with Crippen molar-refractivity contribution in [1.82, 2.24) is 9.29 Å². The van der Waals surface area contributed by atoms with Gasteiger partial charge in [0, 0.05) is 34.2 Å². The number of sulfonamides is 1. The highest BCUT2D eigenvalue weighted by Crippen LogP contribution is 2.33. The second-order valence-corrected chi connectivity index (χ2v) is 12.1. The zero-order valence-electron chi connectivity index (χ0n) is 23.1. The summed E-state index contributed by atoms with van der Waals surface area (Å²) < 4.78 is 42.3. The summed E-state index contributed by atoms with van der Waals surface area (Å²) in [5.41, 5.74) is 4.39. The van der Waals surface area contributed by atoms with Crippen LogP contribution in [0, 0.1) is 27.7 Å². The molecule has 214 valence electrons. The standard InChI is InChI=1S/C30H30ClN3O6S/c1-17-14-23-25(40-16-27(35)32-23)15-26(17)41(37,38)33-30(36)28-20(4)34(24-9-6-5-8-22(24)28)10-7-11-39-21-12-18(2)29(31)19(3)13-21/h5-6,8-9,12-15H,7,10-11,16H2,1-4H3,(H,32,35)(H,33,36). The average Bonchev–Trinajstić information content (AvgIpc) is 3.19. The van der Waals surface area contributed by atoms with Gasteiger partial charge in [-0.25, -0.2) is 13.1 Å². The number of benzene rings is 3. The molecule has 0 radical (unpaired) electrons. The SMILES string of the molecule is Cc1cc2c(cc1S(=O)(=O)NC(=O)c1c(C)n(CCCOc3cc(C)c(Cl)c(C)c3)c3ccccc13)OCC(=O)N2. The molecule has 0 fully saturated rings. The van der Waals surface area contributed by atoms with E-state index in [2.05, 4.69) is 10.0 Å². The summed E-state index contributed by atoms with van der Waals surface area (Å²) in [6, 6.07) is 14.0. The Hall–Kier alpha value is -4.02. The summed E-state index contributed by atoms with van der Waals surface area (Å²) in [7, 11) is -4.25. The van der Waals surface area contributed by atoms with Gasteiger partial charge in [-0.1, -0.05) is 29.8 Å². The Morgan fingerprint density at radius 3 is 2.51 bits per heavy atom. The van der Waals surface area contributed by atoms with Gasteiger partial charge in [-0.3, -0.25) is 9.59 Å². The number of carbonyl (C=O) groups is 2. The van der Waals surface area contributed by atoms with Gasteiger partial charge in [0.2, 0.25) is 0 Å². The lowest BCUT2D eigenvalue weighted by Gasteiger charge is -2.20. The van der Waals surface area contributed by atoms with E-state index in [9.17, 15) is 18.0 Å². The fraction of sp³-hybridized carbons (Fsp3) is 0.267. The Kier molecular flexibility index (Phi) is 7.72. The number of carbonyl (C=O) groups excluding carboxylic acids is 2. The van der Waals surface area contributed by atoms with E-state index in [0.29, 0.717) is 41.9 Å². The molecule has 3 aromatic carbocycles. The maximum atomic E-state index is 13.5. The third-order valence-corrected chi connectivity index (χ3v) is 9.16. The van der Waals surface area contributed by atoms with Crippen LogP contribution in [0.25, 0.3) is 10.9 Å². The third kappa shape index (κ3) is 5.62. The average molecular weight is 596 g/mol. The fourth-order valence-electron chi connectivity index (χ4n) is 5.14. The number of ether oxygens (including phenoxy) is 2. The molecule has 0 saturated heterocycles. The van der Waals surface area contributed by atoms with Crippen LogP contribution >= 0.6 is 11.6 Å². The highest BCUT2D eigenvalue weighted by molar-refractivity contribution is 7.90. The fourth-order valence-corrected chi connectivity index (χ4v) is 6.45. The lowest BCUT2D eigenvalue weighted by molar-refractivity contribution is -0.118. The molecule has 2 heterocycles. The molecule has 0 aliphatic carbocycles. The molecule has 0 unspecified atom stereocenters. The number of nitrogens with zero attached hydrogens (tertiary/aromatic N) is 1. The number of halogens is 1. The first-order chi connectivity index (χ1) is 19.5. The Labute approximate surface area is 243 Å². The molecule has 0 spiro atoms. The van der Waals surface area contributed by atoms with Crippen LogP contribution in [0.1, 0.15) is 39.2 Å². The predicted molar refractivity (Wildman–Crippen MR) is 158 cm³/mol. The van der Waals surface area contributed by atoms with Crippen molar-refractivity contribution in [2.45, 2.75) is 45.6 Å². The van der Waals surface area contributed by atoms with Crippen molar-refractivity contribution in [3.8, 4) is 11.5 Å². The molecule has 5 rings (SSSR count). The van der Waals surface area contributed by atoms with E-state index in [1.54, 1.807) is 19.9 Å². The first-order valence-corrected chi connectivity index (χ1v) is 14.9. The molecule has 4 aromatic rings. The molecule has 2 N–H and O–H groups in total. The van der Waals surface area contributed by atoms with E-state index in [1.165, 1.54) is 12.1 Å². The van der Waals surface area contributed by atoms with E-state index in [0.717, 1.165) is 27.4 Å². The minimum absolute atomic E-state index is 0.105. The molecule has 0 saturated carbocycles. The number of hydrogen-bond donors (Lipinski definition) is 2. The number of rotatable bonds is 8. The molecular weight excluding hydrogens is 566 g/mol. The zero-order chi connectivity index (χ0) is 29.5. The third-order valence-electron chi connectivity index (χ3n) is 7.09. The van der Waals surface area contributed by atoms with Crippen LogP contribution in [-0.4, -0.2) is 38.0 Å². The van der Waals surface area contributed by atoms with Crippen molar-refractivity contribution in [1.29, 1.82) is 0 Å². The molecule has 1 aliphatic heterocycles. The maximum absolute atomic E-state index is 13.5. The number of fused-ring (bicyclic) bond motifs is 2. The molecule has 1 aliphatic rings. The molecular formula is C30H30ClN3O6S. The minimum atomic E-state index is -4.25. The normalized spacial score (nSPS) is 13.0. The number of aromatic nitrogens is 1. The van der Waals surface area contributed by atoms with Crippen LogP contribution in [-0.2, 0) is 21.4 Å². The van der Waals surface area contributed by atoms with Gasteiger partial charge >= 0.3 is 0 Å². The number of para-hydroxylation sites is 1. The topological polar surface area (TPSA) is 116 Å². The summed E-state index contributed by atoms with van der Waals surface area (Å²) in [5.74, 6) is -0.0856. The Morgan fingerprint density at radius 1 is 1.07 bits per heavy atom. The minimum Gasteiger partial charge on any atom is -0.494 e. The number of nitrogens with one attached hydrogen (secondary N) is 2. The van der Waals surface area contributed by atoms with E-state index < -0.39 is 15.9 Å². The number of amides is 2. The van der Waals surface area contributed by atoms with Crippen LogP contribution in [0.5, 0.6) is 11.5 Å². The summed E-state index contributed by atoms with van der Waals surface area (Å²) in [6.45, 7) is 8.05. The van der Waals surface area contributed by atoms with Crippen molar-refractivity contribution >= 4 is 50.0 Å². The van der Waals surface area contributed by atoms with Gasteiger partial charge in [0.25, 0.3) is 21.8 Å². The Morgan fingerprint density at radius 2 is 1.78 bits per heavy atom. The smallest absolute Gasteiger partial charge is 0.267 e. The maximum Gasteiger partial charge on any atom is 0.267 e. The van der Waals surface area contributed by atoms with Gasteiger partial charge in [-0.15, -0.1) is 0 Å². The van der Waals surface area contributed by atoms with Crippen LogP contribution < -0.4 is 19.5 Å². The number of anilines is 1. The van der Waals surface area contributed by atoms with Gasteiger partial charge in [-0.2, -0.15) is 0 Å². The molecule has 41 heavy (non-hydrogen) atoms. The zero-order valence-corrected chi connectivity index (χ0v) is 24.7. The monoisotopic (exact) mass is 595 g/mol. The van der Waals surface area contributed by atoms with Crippen LogP contribution in [0.3, 0.4) is 0 Å². The summed E-state index contributed by atoms with van der Waals surface area (Å²) >= 11 is 6.26. The second kappa shape index (κ2) is 11.1. The van der Waals surface area contributed by atoms with Gasteiger partial charge in [0.1, 0.15) is 11.5 Å². The largest absolute Gasteiger partial charge is 0.494 e. The van der Waals surface area contributed by atoms with Crippen LogP contribution in [0.4, 0.5) is 5.69 Å². The highest BCUT2D eigenvalue weighted by Gasteiger charge is 2.28. The predicted octanol–water partition coefficient (Wildman–Crippen LogP) is 5.45. The van der Waals surface area contributed by atoms with E-state index in [4.69, 9.17) is 21.1 Å². The van der Waals surface area contributed by atoms with Crippen LogP contribution in [0.15, 0.2) is 53.4 Å². The Balaban J connectivity index is 1.36. The second-order valence-electron chi connectivity index (χ2n) is 10.1. The van der Waals surface area contributed by atoms with Gasteiger partial charge in [-0.05, 0) is 75.1 Å². The number of hydrogen-bond acceptors (Lipinski definition) is 6. The highest BCUT2D eigenvalue weighted by atomic mass is 35.5. The van der Waals surface area contributed by atoms with E-state index in [1.807, 2.05) is 48.7 Å². The first-order valence-electron chi connectivity index (χ1n) is 13.1. The van der Waals surface area contributed by atoms with Gasteiger partial charge < -0.3 is 19.4 Å². The van der Waals surface area contributed by atoms with E-state index in [-0.39, 0.29) is 28.7 Å². The van der Waals surface area contributed by atoms with E-state index >= 15 is 0 Å². The summed E-state index contributed by atoms with van der Waals surface area (Å²) in [4.78, 5) is 25.0. The molecule has 9 nitrogen and oxygen atoms in total. The van der Waals surface area contributed by atoms with Crippen molar-refractivity contribution < 1.29 is 27.5 Å². The lowest BCUT2D eigenvalue weighted by atomic mass is 10.1.